The molecule has 0 radical (unpaired) electrons. The van der Waals surface area contributed by atoms with Gasteiger partial charge < -0.3 is 21.5 Å². The van der Waals surface area contributed by atoms with Crippen molar-refractivity contribution >= 4 is 11.7 Å². The average molecular weight is 542 g/mol. The molecule has 1 unspecified atom stereocenters. The predicted molar refractivity (Wildman–Crippen MR) is 138 cm³/mol. The monoisotopic (exact) mass is 541 g/mol. The maximum absolute atomic E-state index is 13.2. The van der Waals surface area contributed by atoms with Gasteiger partial charge in [-0.05, 0) is 62.1 Å². The Hall–Kier alpha value is -3.82. The van der Waals surface area contributed by atoms with E-state index in [0.717, 1.165) is 31.4 Å². The van der Waals surface area contributed by atoms with Crippen LogP contribution in [0.1, 0.15) is 68.1 Å². The highest BCUT2D eigenvalue weighted by atomic mass is 19.4. The van der Waals surface area contributed by atoms with Crippen LogP contribution in [0.5, 0.6) is 0 Å². The number of rotatable bonds is 5. The number of carbonyl (C=O) groups is 1. The number of likely N-dealkylation sites (tertiary alicyclic amines) is 1. The summed E-state index contributed by atoms with van der Waals surface area (Å²) in [6, 6.07) is 4.59. The topological polar surface area (TPSA) is 128 Å². The molecule has 5 rings (SSSR count). The van der Waals surface area contributed by atoms with Crippen LogP contribution in [-0.4, -0.2) is 48.6 Å². The fraction of sp³-hybridized carbons (Fsp3) is 0.444. The molecule has 1 spiro atoms. The molecule has 206 valence electrons. The van der Waals surface area contributed by atoms with Crippen molar-refractivity contribution in [2.24, 2.45) is 11.1 Å². The number of alkyl halides is 3. The highest BCUT2D eigenvalue weighted by Crippen LogP contribution is 2.55. The van der Waals surface area contributed by atoms with Crippen LogP contribution < -0.4 is 11.5 Å². The Morgan fingerprint density at radius 2 is 2.05 bits per heavy atom. The molecule has 5 N–H and O–H groups in total. The number of amides is 1. The van der Waals surface area contributed by atoms with E-state index in [0.29, 0.717) is 29.9 Å². The molecule has 3 heterocycles. The molecule has 0 bridgehead atoms. The van der Waals surface area contributed by atoms with Crippen LogP contribution in [0.2, 0.25) is 0 Å². The van der Waals surface area contributed by atoms with Gasteiger partial charge in [0.25, 0.3) is 5.91 Å². The Balaban J connectivity index is 1.38. The maximum atomic E-state index is 13.2. The number of hydrogen-bond acceptors (Lipinski definition) is 6. The molecule has 2 aliphatic rings. The van der Waals surface area contributed by atoms with Crippen molar-refractivity contribution in [1.82, 2.24) is 24.5 Å². The highest BCUT2D eigenvalue weighted by molar-refractivity contribution is 5.93. The van der Waals surface area contributed by atoms with Crippen molar-refractivity contribution in [3.63, 3.8) is 0 Å². The summed E-state index contributed by atoms with van der Waals surface area (Å²) in [5.41, 5.74) is 13.1. The zero-order chi connectivity index (χ0) is 28.1. The second-order valence-corrected chi connectivity index (χ2v) is 10.5. The standard InChI is InChI=1S/C27H30F3N7O2/c1-3-5-21(38)35-9-8-26(15-35)11-20(12-26)37-24(31)22(25(32)39)23(34-37)18-13-33-36(14-18)16(2)17-6-4-7-19(10-17)27(28,29)30/h4,6-7,10,13-14,16,20,25,39H,8-9,11-12,15,31-32H2,1-2H3/t16-,20?,25?,26?/m0/s1. The summed E-state index contributed by atoms with van der Waals surface area (Å²) < 4.78 is 42.8. The van der Waals surface area contributed by atoms with Crippen LogP contribution in [0.25, 0.3) is 11.3 Å². The molecule has 2 fully saturated rings. The lowest BCUT2D eigenvalue weighted by Crippen LogP contribution is -2.42. The quantitative estimate of drug-likeness (QED) is 0.335. The van der Waals surface area contributed by atoms with Crippen molar-refractivity contribution in [3.05, 3.63) is 53.3 Å². The molecule has 2 aromatic heterocycles. The summed E-state index contributed by atoms with van der Waals surface area (Å²) in [7, 11) is 0. The van der Waals surface area contributed by atoms with Gasteiger partial charge in [0.1, 0.15) is 17.7 Å². The number of nitrogens with two attached hydrogens (primary N) is 2. The zero-order valence-corrected chi connectivity index (χ0v) is 21.6. The van der Waals surface area contributed by atoms with Gasteiger partial charge in [0.05, 0.1) is 29.4 Å². The predicted octanol–water partition coefficient (Wildman–Crippen LogP) is 3.48. The SMILES string of the molecule is CC#CC(=O)N1CCC2(CC(n3nc(-c4cnn([C@@H](C)c5cccc(C(F)(F)F)c5)c4)c(C(N)O)c3N)C2)C1. The van der Waals surface area contributed by atoms with E-state index in [1.54, 1.807) is 35.7 Å². The van der Waals surface area contributed by atoms with Crippen LogP contribution in [0.15, 0.2) is 36.7 Å². The smallest absolute Gasteiger partial charge is 0.384 e. The third kappa shape index (κ3) is 4.88. The number of benzene rings is 1. The largest absolute Gasteiger partial charge is 0.416 e. The van der Waals surface area contributed by atoms with Gasteiger partial charge in [0.2, 0.25) is 0 Å². The van der Waals surface area contributed by atoms with Gasteiger partial charge >= 0.3 is 6.18 Å². The van der Waals surface area contributed by atoms with Crippen molar-refractivity contribution < 1.29 is 23.1 Å². The van der Waals surface area contributed by atoms with Crippen molar-refractivity contribution in [1.29, 1.82) is 0 Å². The fourth-order valence-corrected chi connectivity index (χ4v) is 5.78. The van der Waals surface area contributed by atoms with Gasteiger partial charge in [-0.1, -0.05) is 18.1 Å². The third-order valence-electron chi connectivity index (χ3n) is 7.89. The molecule has 1 saturated heterocycles. The molecule has 2 atom stereocenters. The Bertz CT molecular complexity index is 1460. The van der Waals surface area contributed by atoms with Gasteiger partial charge in [-0.25, -0.2) is 4.68 Å². The molecule has 1 aliphatic heterocycles. The first kappa shape index (κ1) is 26.8. The molecule has 1 saturated carbocycles. The van der Waals surface area contributed by atoms with Crippen molar-refractivity contribution in [3.8, 4) is 23.1 Å². The summed E-state index contributed by atoms with van der Waals surface area (Å²) in [4.78, 5) is 14.0. The number of halogens is 3. The molecule has 1 aromatic carbocycles. The number of carbonyl (C=O) groups excluding carboxylic acids is 1. The molecular weight excluding hydrogens is 511 g/mol. The minimum atomic E-state index is -4.45. The van der Waals surface area contributed by atoms with E-state index in [2.05, 4.69) is 16.9 Å². The van der Waals surface area contributed by atoms with E-state index in [9.17, 15) is 23.1 Å². The van der Waals surface area contributed by atoms with E-state index in [4.69, 9.17) is 16.6 Å². The first-order chi connectivity index (χ1) is 18.4. The minimum Gasteiger partial charge on any atom is -0.384 e. The zero-order valence-electron chi connectivity index (χ0n) is 21.6. The highest BCUT2D eigenvalue weighted by Gasteiger charge is 2.51. The molecule has 1 aliphatic carbocycles. The molecule has 3 aromatic rings. The minimum absolute atomic E-state index is 0.0128. The number of nitrogens with zero attached hydrogens (tertiary/aromatic N) is 5. The van der Waals surface area contributed by atoms with E-state index in [-0.39, 0.29) is 28.7 Å². The summed E-state index contributed by atoms with van der Waals surface area (Å²) in [6.07, 6.45) is -0.237. The molecule has 1 amide bonds. The van der Waals surface area contributed by atoms with Crippen molar-refractivity contribution in [2.45, 2.75) is 57.6 Å². The lowest BCUT2D eigenvalue weighted by Gasteiger charge is -2.45. The van der Waals surface area contributed by atoms with Gasteiger partial charge in [-0.3, -0.25) is 9.48 Å². The Kier molecular flexibility index (Phi) is 6.68. The molecule has 39 heavy (non-hydrogen) atoms. The van der Waals surface area contributed by atoms with Crippen LogP contribution in [0.4, 0.5) is 19.0 Å². The van der Waals surface area contributed by atoms with Crippen LogP contribution in [0, 0.1) is 17.3 Å². The lowest BCUT2D eigenvalue weighted by molar-refractivity contribution is -0.137. The normalized spacial score (nSPS) is 22.3. The third-order valence-corrected chi connectivity index (χ3v) is 7.89. The second kappa shape index (κ2) is 9.73. The van der Waals surface area contributed by atoms with E-state index in [1.165, 1.54) is 16.9 Å². The number of anilines is 1. The van der Waals surface area contributed by atoms with Crippen LogP contribution >= 0.6 is 0 Å². The van der Waals surface area contributed by atoms with Gasteiger partial charge in [0, 0.05) is 24.8 Å². The maximum Gasteiger partial charge on any atom is 0.416 e. The molecule has 9 nitrogen and oxygen atoms in total. The Labute approximate surface area is 223 Å². The Morgan fingerprint density at radius 3 is 2.72 bits per heavy atom. The van der Waals surface area contributed by atoms with Gasteiger partial charge in [-0.15, -0.1) is 0 Å². The molecule has 12 heteroatoms. The fourth-order valence-electron chi connectivity index (χ4n) is 5.78. The molecular formula is C27H30F3N7O2. The van der Waals surface area contributed by atoms with E-state index in [1.807, 2.05) is 0 Å². The summed E-state index contributed by atoms with van der Waals surface area (Å²) >= 11 is 0. The Morgan fingerprint density at radius 1 is 1.31 bits per heavy atom. The van der Waals surface area contributed by atoms with Gasteiger partial charge in [0.15, 0.2) is 0 Å². The van der Waals surface area contributed by atoms with Crippen LogP contribution in [0.3, 0.4) is 0 Å². The van der Waals surface area contributed by atoms with E-state index < -0.39 is 24.0 Å². The van der Waals surface area contributed by atoms with Crippen LogP contribution in [-0.2, 0) is 11.0 Å². The summed E-state index contributed by atoms with van der Waals surface area (Å²) in [5, 5.41) is 19.4. The number of nitrogen functional groups attached to an aromatic ring is 1. The summed E-state index contributed by atoms with van der Waals surface area (Å²) in [5.74, 6) is 5.34. The first-order valence-electron chi connectivity index (χ1n) is 12.7. The lowest BCUT2D eigenvalue weighted by atomic mass is 9.65. The second-order valence-electron chi connectivity index (χ2n) is 10.5. The summed E-state index contributed by atoms with van der Waals surface area (Å²) in [6.45, 7) is 4.68. The van der Waals surface area contributed by atoms with E-state index >= 15 is 0 Å². The average Bonchev–Trinajstić information content (AvgIpc) is 3.59. The number of aromatic nitrogens is 4. The number of hydrogen-bond donors (Lipinski definition) is 3. The van der Waals surface area contributed by atoms with Crippen molar-refractivity contribution in [2.75, 3.05) is 18.8 Å². The van der Waals surface area contributed by atoms with Gasteiger partial charge in [-0.2, -0.15) is 23.4 Å². The number of aliphatic hydroxyl groups excluding tert-OH is 1. The first-order valence-corrected chi connectivity index (χ1v) is 12.7. The number of aliphatic hydroxyl groups is 1.